The van der Waals surface area contributed by atoms with Crippen molar-refractivity contribution in [2.45, 2.75) is 0 Å². The van der Waals surface area contributed by atoms with Gasteiger partial charge >= 0.3 is 0 Å². The van der Waals surface area contributed by atoms with Crippen molar-refractivity contribution in [3.63, 3.8) is 0 Å². The van der Waals surface area contributed by atoms with Crippen LogP contribution in [0.15, 0.2) is 64.0 Å². The molecule has 0 unspecified atom stereocenters. The maximum atomic E-state index is 12.4. The van der Waals surface area contributed by atoms with Gasteiger partial charge < -0.3 is 19.2 Å². The number of carbonyl (C=O) groups is 1. The molecule has 1 aliphatic rings. The maximum absolute atomic E-state index is 12.4. The SMILES string of the molecule is C1COCCN1.O=COc1ccc2c(=O)c(-c3ccccc3)coc2c1. The molecule has 2 heterocycles. The van der Waals surface area contributed by atoms with Crippen LogP contribution < -0.4 is 15.5 Å². The molecule has 1 aromatic heterocycles. The second-order valence-corrected chi connectivity index (χ2v) is 5.58. The number of fused-ring (bicyclic) bond motifs is 1. The fourth-order valence-corrected chi connectivity index (χ4v) is 2.57. The molecule has 0 amide bonds. The molecule has 0 radical (unpaired) electrons. The van der Waals surface area contributed by atoms with E-state index in [0.717, 1.165) is 31.9 Å². The van der Waals surface area contributed by atoms with E-state index in [-0.39, 0.29) is 5.43 Å². The lowest BCUT2D eigenvalue weighted by Crippen LogP contribution is -2.30. The molecular weight excluding hydrogens is 334 g/mol. The van der Waals surface area contributed by atoms with Crippen LogP contribution in [0.3, 0.4) is 0 Å². The second kappa shape index (κ2) is 8.94. The van der Waals surface area contributed by atoms with E-state index in [1.165, 1.54) is 12.3 Å². The zero-order valence-corrected chi connectivity index (χ0v) is 14.1. The Morgan fingerprint density at radius 1 is 1.04 bits per heavy atom. The number of carbonyl (C=O) groups excluding carboxylic acids is 1. The molecule has 1 saturated heterocycles. The zero-order valence-electron chi connectivity index (χ0n) is 14.1. The van der Waals surface area contributed by atoms with Gasteiger partial charge in [0, 0.05) is 19.2 Å². The third-order valence-corrected chi connectivity index (χ3v) is 3.86. The highest BCUT2D eigenvalue weighted by Gasteiger charge is 2.09. The summed E-state index contributed by atoms with van der Waals surface area (Å²) in [6.45, 7) is 4.16. The van der Waals surface area contributed by atoms with E-state index in [1.807, 2.05) is 30.3 Å². The van der Waals surface area contributed by atoms with Gasteiger partial charge in [0.05, 0.1) is 24.2 Å². The Bertz CT molecular complexity index is 905. The summed E-state index contributed by atoms with van der Waals surface area (Å²) in [5, 5.41) is 3.61. The molecule has 6 heteroatoms. The van der Waals surface area contributed by atoms with Crippen LogP contribution in [0.2, 0.25) is 0 Å². The molecular formula is C20H19NO5. The molecule has 0 bridgehead atoms. The van der Waals surface area contributed by atoms with Crippen molar-refractivity contribution < 1.29 is 18.7 Å². The molecule has 1 aliphatic heterocycles. The van der Waals surface area contributed by atoms with E-state index in [0.29, 0.717) is 28.8 Å². The van der Waals surface area contributed by atoms with Crippen LogP contribution >= 0.6 is 0 Å². The van der Waals surface area contributed by atoms with Gasteiger partial charge in [-0.2, -0.15) is 0 Å². The highest BCUT2D eigenvalue weighted by Crippen LogP contribution is 2.22. The Hall–Kier alpha value is -2.96. The van der Waals surface area contributed by atoms with Crippen molar-refractivity contribution >= 4 is 17.4 Å². The van der Waals surface area contributed by atoms with Gasteiger partial charge in [-0.15, -0.1) is 0 Å². The predicted octanol–water partition coefficient (Wildman–Crippen LogP) is 2.60. The molecule has 1 fully saturated rings. The first kappa shape index (κ1) is 17.8. The summed E-state index contributed by atoms with van der Waals surface area (Å²) >= 11 is 0. The number of morpholine rings is 1. The third-order valence-electron chi connectivity index (χ3n) is 3.86. The first-order chi connectivity index (χ1) is 12.8. The minimum atomic E-state index is -0.116. The zero-order chi connectivity index (χ0) is 18.2. The molecule has 0 spiro atoms. The summed E-state index contributed by atoms with van der Waals surface area (Å²) in [5.41, 5.74) is 1.57. The highest BCUT2D eigenvalue weighted by molar-refractivity contribution is 5.82. The Morgan fingerprint density at radius 2 is 1.81 bits per heavy atom. The van der Waals surface area contributed by atoms with Crippen LogP contribution in [0.5, 0.6) is 5.75 Å². The Labute approximate surface area is 150 Å². The van der Waals surface area contributed by atoms with E-state index in [2.05, 4.69) is 5.32 Å². The van der Waals surface area contributed by atoms with E-state index < -0.39 is 0 Å². The average Bonchev–Trinajstić information content (AvgIpc) is 2.71. The Kier molecular flexibility index (Phi) is 6.14. The van der Waals surface area contributed by atoms with Crippen molar-refractivity contribution in [1.29, 1.82) is 0 Å². The number of nitrogens with one attached hydrogen (secondary N) is 1. The third kappa shape index (κ3) is 4.36. The van der Waals surface area contributed by atoms with Crippen LogP contribution in [-0.2, 0) is 9.53 Å². The normalized spacial score (nSPS) is 13.5. The van der Waals surface area contributed by atoms with Gasteiger partial charge in [-0.3, -0.25) is 9.59 Å². The fraction of sp³-hybridized carbons (Fsp3) is 0.200. The molecule has 4 rings (SSSR count). The van der Waals surface area contributed by atoms with Gasteiger partial charge in [0.15, 0.2) is 5.43 Å². The number of ether oxygens (including phenoxy) is 2. The lowest BCUT2D eigenvalue weighted by Gasteiger charge is -2.10. The largest absolute Gasteiger partial charge is 0.463 e. The summed E-state index contributed by atoms with van der Waals surface area (Å²) in [4.78, 5) is 22.7. The smallest absolute Gasteiger partial charge is 0.298 e. The quantitative estimate of drug-likeness (QED) is 0.730. The number of rotatable bonds is 3. The standard InChI is InChI=1S/C16H10O4.C4H9NO/c17-10-20-12-6-7-13-15(8-12)19-9-14(16(13)18)11-4-2-1-3-5-11;1-3-6-4-2-5-1/h1-10H;5H,1-4H2. The van der Waals surface area contributed by atoms with E-state index in [4.69, 9.17) is 13.9 Å². The molecule has 26 heavy (non-hydrogen) atoms. The van der Waals surface area contributed by atoms with Gasteiger partial charge in [-0.05, 0) is 17.7 Å². The summed E-state index contributed by atoms with van der Waals surface area (Å²) in [7, 11) is 0. The fourth-order valence-electron chi connectivity index (χ4n) is 2.57. The monoisotopic (exact) mass is 353 g/mol. The molecule has 0 atom stereocenters. The van der Waals surface area contributed by atoms with Crippen molar-refractivity contribution in [3.8, 4) is 16.9 Å². The summed E-state index contributed by atoms with van der Waals surface area (Å²) in [5.74, 6) is 0.336. The molecule has 3 aromatic rings. The van der Waals surface area contributed by atoms with Gasteiger partial charge in [0.2, 0.25) is 0 Å². The van der Waals surface area contributed by atoms with Crippen molar-refractivity contribution in [1.82, 2.24) is 5.32 Å². The lowest BCUT2D eigenvalue weighted by molar-refractivity contribution is -0.120. The van der Waals surface area contributed by atoms with Gasteiger partial charge in [-0.1, -0.05) is 30.3 Å². The van der Waals surface area contributed by atoms with Crippen molar-refractivity contribution in [2.24, 2.45) is 0 Å². The number of hydrogen-bond acceptors (Lipinski definition) is 6. The first-order valence-corrected chi connectivity index (χ1v) is 8.29. The molecule has 1 N–H and O–H groups in total. The number of hydrogen-bond donors (Lipinski definition) is 1. The van der Waals surface area contributed by atoms with Crippen LogP contribution in [-0.4, -0.2) is 32.8 Å². The lowest BCUT2D eigenvalue weighted by atomic mass is 10.1. The highest BCUT2D eigenvalue weighted by atomic mass is 16.5. The van der Waals surface area contributed by atoms with Crippen LogP contribution in [0.4, 0.5) is 0 Å². The summed E-state index contributed by atoms with van der Waals surface area (Å²) in [6, 6.07) is 14.0. The molecule has 6 nitrogen and oxygen atoms in total. The van der Waals surface area contributed by atoms with E-state index in [9.17, 15) is 9.59 Å². The Morgan fingerprint density at radius 3 is 2.42 bits per heavy atom. The maximum Gasteiger partial charge on any atom is 0.298 e. The molecule has 2 aromatic carbocycles. The summed E-state index contributed by atoms with van der Waals surface area (Å²) < 4.78 is 15.2. The second-order valence-electron chi connectivity index (χ2n) is 5.58. The predicted molar refractivity (Wildman–Crippen MR) is 98.3 cm³/mol. The van der Waals surface area contributed by atoms with Crippen LogP contribution in [0.1, 0.15) is 0 Å². The molecule has 0 saturated carbocycles. The topological polar surface area (TPSA) is 77.8 Å². The van der Waals surface area contributed by atoms with Crippen molar-refractivity contribution in [2.75, 3.05) is 26.3 Å². The van der Waals surface area contributed by atoms with Gasteiger partial charge in [-0.25, -0.2) is 0 Å². The minimum absolute atomic E-state index is 0.116. The Balaban J connectivity index is 0.000000278. The van der Waals surface area contributed by atoms with Crippen molar-refractivity contribution in [3.05, 3.63) is 65.0 Å². The van der Waals surface area contributed by atoms with Gasteiger partial charge in [0.1, 0.15) is 17.6 Å². The van der Waals surface area contributed by atoms with Gasteiger partial charge in [0.25, 0.3) is 6.47 Å². The summed E-state index contributed by atoms with van der Waals surface area (Å²) in [6.07, 6.45) is 1.42. The van der Waals surface area contributed by atoms with E-state index >= 15 is 0 Å². The molecule has 134 valence electrons. The minimum Gasteiger partial charge on any atom is -0.463 e. The number of benzene rings is 2. The van der Waals surface area contributed by atoms with E-state index in [1.54, 1.807) is 12.1 Å². The first-order valence-electron chi connectivity index (χ1n) is 8.29. The van der Waals surface area contributed by atoms with Crippen LogP contribution in [0.25, 0.3) is 22.1 Å². The average molecular weight is 353 g/mol. The molecule has 0 aliphatic carbocycles. The van der Waals surface area contributed by atoms with Crippen LogP contribution in [0, 0.1) is 0 Å².